The molecule has 0 aliphatic carbocycles. The highest BCUT2D eigenvalue weighted by Crippen LogP contribution is 2.20. The van der Waals surface area contributed by atoms with Crippen LogP contribution in [0.4, 0.5) is 0 Å². The Morgan fingerprint density at radius 2 is 1.88 bits per heavy atom. The lowest BCUT2D eigenvalue weighted by Gasteiger charge is -2.35. The van der Waals surface area contributed by atoms with Gasteiger partial charge in [-0.05, 0) is 26.3 Å². The van der Waals surface area contributed by atoms with Crippen molar-refractivity contribution >= 4 is 17.7 Å². The number of thioether (sulfide) groups is 1. The molecule has 0 radical (unpaired) electrons. The Kier molecular flexibility index (Phi) is 5.75. The maximum atomic E-state index is 12.5. The van der Waals surface area contributed by atoms with Crippen molar-refractivity contribution < 1.29 is 9.53 Å². The van der Waals surface area contributed by atoms with Gasteiger partial charge >= 0.3 is 0 Å². The van der Waals surface area contributed by atoms with E-state index >= 15 is 0 Å². The van der Waals surface area contributed by atoms with E-state index in [1.807, 2.05) is 43.9 Å². The van der Waals surface area contributed by atoms with Gasteiger partial charge in [0.2, 0.25) is 5.91 Å². The summed E-state index contributed by atoms with van der Waals surface area (Å²) in [6, 6.07) is 10.2. The monoisotopic (exact) mass is 360 g/mol. The first-order chi connectivity index (χ1) is 12.0. The molecular formula is C18H24N4O2S. The van der Waals surface area contributed by atoms with Gasteiger partial charge in [0.05, 0.1) is 24.5 Å². The number of nitrogens with zero attached hydrogens (tertiary/aromatic N) is 4. The van der Waals surface area contributed by atoms with E-state index in [0.717, 1.165) is 11.0 Å². The fourth-order valence-electron chi connectivity index (χ4n) is 3.02. The number of aromatic nitrogens is 3. The zero-order valence-corrected chi connectivity index (χ0v) is 15.7. The summed E-state index contributed by atoms with van der Waals surface area (Å²) in [7, 11) is 0. The predicted octanol–water partition coefficient (Wildman–Crippen LogP) is 2.36. The zero-order chi connectivity index (χ0) is 17.8. The Hall–Kier alpha value is -1.86. The van der Waals surface area contributed by atoms with Crippen molar-refractivity contribution in [3.8, 4) is 0 Å². The van der Waals surface area contributed by atoms with Gasteiger partial charge in [0.1, 0.15) is 5.82 Å². The standard InChI is InChI=1S/C18H24N4O2S/c1-13-9-21(10-14(2)24-13)17(23)12-25-18-20-19-15(3)22(18)11-16-7-5-4-6-8-16/h4-8,13-14H,9-12H2,1-3H3/t13-,14+. The number of benzene rings is 1. The minimum absolute atomic E-state index is 0.0849. The highest BCUT2D eigenvalue weighted by atomic mass is 32.2. The van der Waals surface area contributed by atoms with Crippen LogP contribution in [0.25, 0.3) is 0 Å². The number of hydrogen-bond acceptors (Lipinski definition) is 5. The number of morpholine rings is 1. The molecule has 0 bridgehead atoms. The molecule has 0 unspecified atom stereocenters. The average molecular weight is 360 g/mol. The highest BCUT2D eigenvalue weighted by Gasteiger charge is 2.26. The van der Waals surface area contributed by atoms with Gasteiger partial charge < -0.3 is 14.2 Å². The zero-order valence-electron chi connectivity index (χ0n) is 14.9. The summed E-state index contributed by atoms with van der Waals surface area (Å²) in [6.07, 6.45) is 0.170. The number of amides is 1. The molecule has 2 atom stereocenters. The van der Waals surface area contributed by atoms with Crippen LogP contribution in [0.15, 0.2) is 35.5 Å². The maximum Gasteiger partial charge on any atom is 0.233 e. The second-order valence-electron chi connectivity index (χ2n) is 6.45. The van der Waals surface area contributed by atoms with Crippen LogP contribution in [0.2, 0.25) is 0 Å². The third-order valence-corrected chi connectivity index (χ3v) is 5.13. The second kappa shape index (κ2) is 8.01. The van der Waals surface area contributed by atoms with E-state index < -0.39 is 0 Å². The van der Waals surface area contributed by atoms with E-state index in [2.05, 4.69) is 26.9 Å². The smallest absolute Gasteiger partial charge is 0.233 e. The fourth-order valence-corrected chi connectivity index (χ4v) is 3.90. The number of hydrogen-bond donors (Lipinski definition) is 0. The van der Waals surface area contributed by atoms with Crippen LogP contribution in [-0.2, 0) is 16.1 Å². The normalized spacial score (nSPS) is 20.7. The molecule has 0 N–H and O–H groups in total. The van der Waals surface area contributed by atoms with Crippen molar-refractivity contribution in [1.82, 2.24) is 19.7 Å². The maximum absolute atomic E-state index is 12.5. The predicted molar refractivity (Wildman–Crippen MR) is 97.6 cm³/mol. The molecule has 0 spiro atoms. The van der Waals surface area contributed by atoms with Crippen molar-refractivity contribution in [3.05, 3.63) is 41.7 Å². The van der Waals surface area contributed by atoms with Gasteiger partial charge in [-0.25, -0.2) is 0 Å². The van der Waals surface area contributed by atoms with Gasteiger partial charge in [-0.2, -0.15) is 0 Å². The van der Waals surface area contributed by atoms with E-state index in [1.165, 1.54) is 17.3 Å². The van der Waals surface area contributed by atoms with E-state index in [1.54, 1.807) is 0 Å². The molecule has 1 saturated heterocycles. The Balaban J connectivity index is 1.63. The summed E-state index contributed by atoms with van der Waals surface area (Å²) >= 11 is 1.45. The Bertz CT molecular complexity index is 709. The van der Waals surface area contributed by atoms with Gasteiger partial charge in [0, 0.05) is 13.1 Å². The third kappa shape index (κ3) is 4.61. The first-order valence-corrected chi connectivity index (χ1v) is 9.51. The van der Waals surface area contributed by atoms with Crippen LogP contribution >= 0.6 is 11.8 Å². The molecule has 0 saturated carbocycles. The van der Waals surface area contributed by atoms with Crippen LogP contribution in [-0.4, -0.2) is 56.6 Å². The van der Waals surface area contributed by atoms with Crippen molar-refractivity contribution in [3.63, 3.8) is 0 Å². The quantitative estimate of drug-likeness (QED) is 0.766. The SMILES string of the molecule is Cc1nnc(SCC(=O)N2C[C@@H](C)O[C@@H](C)C2)n1Cc1ccccc1. The van der Waals surface area contributed by atoms with Gasteiger partial charge in [-0.1, -0.05) is 42.1 Å². The van der Waals surface area contributed by atoms with Crippen LogP contribution in [0, 0.1) is 6.92 Å². The van der Waals surface area contributed by atoms with Crippen LogP contribution in [0.1, 0.15) is 25.2 Å². The number of carbonyl (C=O) groups excluding carboxylic acids is 1. The minimum atomic E-state index is 0.0849. The number of carbonyl (C=O) groups is 1. The van der Waals surface area contributed by atoms with Crippen LogP contribution in [0.5, 0.6) is 0 Å². The van der Waals surface area contributed by atoms with Crippen molar-refractivity contribution in [2.75, 3.05) is 18.8 Å². The summed E-state index contributed by atoms with van der Waals surface area (Å²) in [6.45, 7) is 7.96. The van der Waals surface area contributed by atoms with Crippen molar-refractivity contribution in [1.29, 1.82) is 0 Å². The minimum Gasteiger partial charge on any atom is -0.372 e. The summed E-state index contributed by atoms with van der Waals surface area (Å²) in [5, 5.41) is 9.20. The summed E-state index contributed by atoms with van der Waals surface area (Å²) in [4.78, 5) is 14.4. The lowest BCUT2D eigenvalue weighted by atomic mass is 10.2. The van der Waals surface area contributed by atoms with E-state index in [0.29, 0.717) is 25.4 Å². The Labute approximate surface area is 152 Å². The van der Waals surface area contributed by atoms with Gasteiger partial charge in [-0.15, -0.1) is 10.2 Å². The van der Waals surface area contributed by atoms with E-state index in [4.69, 9.17) is 4.74 Å². The van der Waals surface area contributed by atoms with E-state index in [9.17, 15) is 4.79 Å². The lowest BCUT2D eigenvalue weighted by molar-refractivity contribution is -0.140. The molecule has 1 aromatic carbocycles. The Morgan fingerprint density at radius 1 is 1.20 bits per heavy atom. The summed E-state index contributed by atoms with van der Waals surface area (Å²) in [5.41, 5.74) is 1.19. The second-order valence-corrected chi connectivity index (χ2v) is 7.39. The molecule has 25 heavy (non-hydrogen) atoms. The number of ether oxygens (including phenoxy) is 1. The Morgan fingerprint density at radius 3 is 2.56 bits per heavy atom. The molecule has 1 aromatic heterocycles. The summed E-state index contributed by atoms with van der Waals surface area (Å²) < 4.78 is 7.74. The van der Waals surface area contributed by atoms with Gasteiger partial charge in [0.25, 0.3) is 0 Å². The van der Waals surface area contributed by atoms with Gasteiger partial charge in [0.15, 0.2) is 5.16 Å². The van der Waals surface area contributed by atoms with Crippen molar-refractivity contribution in [2.24, 2.45) is 0 Å². The molecule has 2 aromatic rings. The van der Waals surface area contributed by atoms with Crippen LogP contribution in [0.3, 0.4) is 0 Å². The summed E-state index contributed by atoms with van der Waals surface area (Å²) in [5.74, 6) is 1.35. The molecule has 134 valence electrons. The number of aryl methyl sites for hydroxylation is 1. The topological polar surface area (TPSA) is 60.3 Å². The first kappa shape index (κ1) is 17.9. The molecule has 2 heterocycles. The molecule has 7 heteroatoms. The molecule has 6 nitrogen and oxygen atoms in total. The third-order valence-electron chi connectivity index (χ3n) is 4.18. The first-order valence-electron chi connectivity index (χ1n) is 8.52. The number of rotatable bonds is 5. The highest BCUT2D eigenvalue weighted by molar-refractivity contribution is 7.99. The molecule has 1 aliphatic heterocycles. The molecule has 1 aliphatic rings. The molecule has 1 fully saturated rings. The van der Waals surface area contributed by atoms with E-state index in [-0.39, 0.29) is 18.1 Å². The molecular weight excluding hydrogens is 336 g/mol. The average Bonchev–Trinajstić information content (AvgIpc) is 2.93. The fraction of sp³-hybridized carbons (Fsp3) is 0.500. The largest absolute Gasteiger partial charge is 0.372 e. The van der Waals surface area contributed by atoms with Crippen molar-refractivity contribution in [2.45, 2.75) is 44.7 Å². The van der Waals surface area contributed by atoms with Gasteiger partial charge in [-0.3, -0.25) is 4.79 Å². The molecule has 1 amide bonds. The molecule has 3 rings (SSSR count). The lowest BCUT2D eigenvalue weighted by Crippen LogP contribution is -2.48. The van der Waals surface area contributed by atoms with Crippen LogP contribution < -0.4 is 0 Å².